The largest absolute Gasteiger partial charge is 0.480 e. The number of nitrogens with zero attached hydrogens (tertiary/aromatic N) is 10. The number of esters is 4. The van der Waals surface area contributed by atoms with E-state index in [-0.39, 0.29) is 57.9 Å². The zero-order valence-corrected chi connectivity index (χ0v) is 78.1. The van der Waals surface area contributed by atoms with Crippen molar-refractivity contribution in [1.29, 1.82) is 0 Å². The van der Waals surface area contributed by atoms with Gasteiger partial charge in [-0.25, -0.2) is 57.7 Å². The summed E-state index contributed by atoms with van der Waals surface area (Å²) in [4.78, 5) is 130. The second kappa shape index (κ2) is 66.6. The molecule has 724 valence electrons. The summed E-state index contributed by atoms with van der Waals surface area (Å²) < 4.78 is 44.2. The van der Waals surface area contributed by atoms with Gasteiger partial charge in [-0.05, 0) is 102 Å². The van der Waals surface area contributed by atoms with E-state index in [0.717, 1.165) is 72.7 Å². The molecule has 1 aliphatic heterocycles. The number of carboxylic acids is 2. The lowest BCUT2D eigenvalue weighted by atomic mass is 10.1. The number of carbonyl (C=O) groups is 9. The third kappa shape index (κ3) is 56.0. The highest BCUT2D eigenvalue weighted by molar-refractivity contribution is 5.83. The van der Waals surface area contributed by atoms with Crippen molar-refractivity contribution in [2.24, 2.45) is 9.98 Å². The zero-order valence-electron chi connectivity index (χ0n) is 78.1. The number of hydrogen-bond donors (Lipinski definition) is 8. The SMILES string of the molecule is C#CC[C@H](NC(=O)OC(C)(C)C)C(=O)O.C#CC[C@H](NC(=O)OC(C)(C)C)C(=O)OCc1ccccc1.CC.CC(=O)OCc1ccccc1.CC(C)(C)OC(=O)N[C@@H](Cc1cn(Cc2ccccc2)nn1)C(=O)OCc1ccccc1.CO.COOC=N[C@@H](Cc1cn(Cc2ccccc2)nn1)C(=O)OCc1ccccc1.COOC=N[C@@H](Cc1cn[nH]n1)C(=O)O.OC1CCCO1. The molecule has 0 saturated carbocycles. The first-order valence-corrected chi connectivity index (χ1v) is 42.0. The second-order valence-electron chi connectivity index (χ2n) is 30.5. The van der Waals surface area contributed by atoms with Gasteiger partial charge in [-0.15, -0.1) is 34.9 Å². The van der Waals surface area contributed by atoms with Crippen LogP contribution in [0.2, 0.25) is 0 Å². The Hall–Kier alpha value is -14.8. The van der Waals surface area contributed by atoms with E-state index in [9.17, 15) is 43.2 Å². The minimum atomic E-state index is -1.18. The molecular formula is C95H124N14O25. The Balaban J connectivity index is 0.000000549. The molecule has 6 atom stereocenters. The molecule has 0 bridgehead atoms. The van der Waals surface area contributed by atoms with Crippen molar-refractivity contribution < 1.29 is 121 Å². The van der Waals surface area contributed by atoms with Crippen LogP contribution in [0.4, 0.5) is 14.4 Å². The van der Waals surface area contributed by atoms with Crippen molar-refractivity contribution >= 4 is 66.9 Å². The number of aromatic amines is 1. The average molecular weight is 1860 g/mol. The molecule has 9 aromatic rings. The molecule has 0 aliphatic carbocycles. The van der Waals surface area contributed by atoms with Gasteiger partial charge in [-0.2, -0.15) is 25.2 Å². The number of aliphatic hydroxyl groups excluding tert-OH is 2. The highest BCUT2D eigenvalue weighted by Gasteiger charge is 2.30. The van der Waals surface area contributed by atoms with Gasteiger partial charge in [0.1, 0.15) is 61.4 Å². The van der Waals surface area contributed by atoms with Crippen LogP contribution in [0.1, 0.15) is 159 Å². The van der Waals surface area contributed by atoms with Crippen molar-refractivity contribution in [3.05, 3.63) is 251 Å². The molecular weight excluding hydrogens is 1740 g/mol. The summed E-state index contributed by atoms with van der Waals surface area (Å²) in [5.74, 6) is 0.366. The fourth-order valence-corrected chi connectivity index (χ4v) is 10.1. The Morgan fingerprint density at radius 3 is 1.16 bits per heavy atom. The molecule has 4 heterocycles. The molecule has 6 aromatic carbocycles. The number of benzene rings is 6. The van der Waals surface area contributed by atoms with E-state index in [1.165, 1.54) is 27.3 Å². The standard InChI is InChI=1S/C24H28N4O4.C21H22N4O4.C17H21NO4.C10H15NO4.C9H10O2.C7H10N4O4.C4H8O2.C2H6.CH4O/c1-24(2,3)32-23(30)25-21(22(29)31-17-19-12-8-5-9-13-19)14-20-16-28(27-26-20)15-18-10-6-4-7-11-18;1-27-29-16-22-20(21(26)28-15-18-10-6-3-7-11-18)12-19-14-25(24-23-19)13-17-8-4-2-5-9-17;1-5-9-14(18-16(20)22-17(2,3)4)15(19)21-12-13-10-7-6-8-11-13;1-5-6-7(8(12)13)11-9(14)15-10(2,3)4;1-8(10)11-7-9-5-3-2-4-6-9;1-14-15-4-8-6(7(12)13)2-5-3-9-11-10-5;5-4-2-1-3-6-4;2*1-2/h4-13,16,21H,14-15,17H2,1-3H3,(H,25,30);2-11,14,16,20H,12-13,15H2,1H3;1,6-8,10-11,14H,9,12H2,2-4H3,(H,18,20);1,7H,6H2,2-4H3,(H,11,14)(H,12,13);2-6H,7H2,1H3;3-4,6H,2H2,1H3,(H,12,13)(H,9,10,11);4-5H,1-3H2;1-2H3;2H,1H3/t21-;20-;14-;7-;;6-;;;/m0000.0.../s1. The molecule has 134 heavy (non-hydrogen) atoms. The normalized spacial score (nSPS) is 12.7. The second-order valence-corrected chi connectivity index (χ2v) is 30.5. The number of rotatable bonds is 34. The molecule has 3 amide bonds. The number of ether oxygens (including phenoxy) is 8. The summed E-state index contributed by atoms with van der Waals surface area (Å²) in [6, 6.07) is 52.6. The summed E-state index contributed by atoms with van der Waals surface area (Å²) in [6.45, 7) is 23.6. The molecule has 0 radical (unpaired) electrons. The molecule has 1 fully saturated rings. The molecule has 1 saturated heterocycles. The first-order valence-electron chi connectivity index (χ1n) is 42.0. The van der Waals surface area contributed by atoms with E-state index in [4.69, 9.17) is 71.2 Å². The summed E-state index contributed by atoms with van der Waals surface area (Å²) >= 11 is 0. The number of amides is 3. The van der Waals surface area contributed by atoms with Crippen molar-refractivity contribution in [3.63, 3.8) is 0 Å². The Morgan fingerprint density at radius 2 is 0.836 bits per heavy atom. The smallest absolute Gasteiger partial charge is 0.408 e. The van der Waals surface area contributed by atoms with Crippen LogP contribution in [0.15, 0.2) is 211 Å². The van der Waals surface area contributed by atoms with E-state index in [1.807, 2.05) is 196 Å². The number of hydrogen-bond acceptors (Lipinski definition) is 31. The summed E-state index contributed by atoms with van der Waals surface area (Å²) in [5, 5.41) is 66.4. The number of terminal acetylenes is 2. The minimum Gasteiger partial charge on any atom is -0.480 e. The van der Waals surface area contributed by atoms with E-state index in [0.29, 0.717) is 36.8 Å². The van der Waals surface area contributed by atoms with Crippen molar-refractivity contribution in [3.8, 4) is 24.7 Å². The van der Waals surface area contributed by atoms with E-state index >= 15 is 0 Å². The predicted octanol–water partition coefficient (Wildman–Crippen LogP) is 11.6. The number of aromatic nitrogens is 9. The van der Waals surface area contributed by atoms with Crippen LogP contribution < -0.4 is 16.0 Å². The fourth-order valence-electron chi connectivity index (χ4n) is 10.1. The van der Waals surface area contributed by atoms with Crippen LogP contribution >= 0.6 is 0 Å². The van der Waals surface area contributed by atoms with Crippen LogP contribution in [0.25, 0.3) is 0 Å². The number of alkyl carbamates (subject to hydrolysis) is 3. The maximum absolute atomic E-state index is 12.8. The first kappa shape index (κ1) is 115. The number of nitrogens with one attached hydrogen (secondary N) is 4. The molecule has 1 aliphatic rings. The Morgan fingerprint density at radius 1 is 0.493 bits per heavy atom. The summed E-state index contributed by atoms with van der Waals surface area (Å²) in [6.07, 6.45) is 16.8. The Kier molecular flexibility index (Phi) is 57.3. The molecule has 1 unspecified atom stereocenters. The Labute approximate surface area is 780 Å². The predicted molar refractivity (Wildman–Crippen MR) is 492 cm³/mol. The van der Waals surface area contributed by atoms with Crippen LogP contribution in [0, 0.1) is 24.7 Å². The van der Waals surface area contributed by atoms with Gasteiger partial charge in [0, 0.05) is 71.6 Å². The van der Waals surface area contributed by atoms with E-state index in [2.05, 4.69) is 93.4 Å². The number of aliphatic hydroxyl groups is 2. The molecule has 39 nitrogen and oxygen atoms in total. The maximum atomic E-state index is 12.8. The fraction of sp³-hybridized carbons (Fsp3) is 0.400. The van der Waals surface area contributed by atoms with Crippen molar-refractivity contribution in [2.75, 3.05) is 27.9 Å². The maximum Gasteiger partial charge on any atom is 0.408 e. The number of aliphatic carboxylic acids is 2. The Bertz CT molecular complexity index is 4920. The van der Waals surface area contributed by atoms with Crippen LogP contribution in [-0.2, 0) is 145 Å². The third-order valence-electron chi connectivity index (χ3n) is 16.0. The molecule has 0 spiro atoms. The van der Waals surface area contributed by atoms with Gasteiger partial charge >= 0.3 is 54.1 Å². The van der Waals surface area contributed by atoms with Gasteiger partial charge in [-0.3, -0.25) is 4.79 Å². The van der Waals surface area contributed by atoms with Gasteiger partial charge < -0.3 is 84.0 Å². The number of aliphatic imine (C=N–C) groups is 2. The molecule has 39 heteroatoms. The number of carboxylic acid groups (broad SMARTS) is 2. The highest BCUT2D eigenvalue weighted by Crippen LogP contribution is 2.16. The van der Waals surface area contributed by atoms with Crippen molar-refractivity contribution in [2.45, 2.75) is 221 Å². The lowest BCUT2D eigenvalue weighted by molar-refractivity contribution is -0.188. The van der Waals surface area contributed by atoms with E-state index in [1.54, 1.807) is 84.1 Å². The lowest BCUT2D eigenvalue weighted by Crippen LogP contribution is -2.45. The van der Waals surface area contributed by atoms with Crippen LogP contribution in [-0.4, -0.2) is 214 Å². The number of H-pyrrole nitrogens is 1. The monoisotopic (exact) mass is 1860 g/mol. The van der Waals surface area contributed by atoms with Gasteiger partial charge in [0.15, 0.2) is 18.4 Å². The van der Waals surface area contributed by atoms with Gasteiger partial charge in [0.25, 0.3) is 0 Å². The van der Waals surface area contributed by atoms with Crippen LogP contribution in [0.3, 0.4) is 0 Å². The van der Waals surface area contributed by atoms with E-state index < -0.39 is 101 Å². The quantitative estimate of drug-likeness (QED) is 0.00353. The number of carbonyl (C=O) groups excluding carboxylic acids is 7. The first-order chi connectivity index (χ1) is 64.0. The minimum absolute atomic E-state index is 0.0346. The zero-order chi connectivity index (χ0) is 99.5. The third-order valence-corrected chi connectivity index (χ3v) is 16.0. The van der Waals surface area contributed by atoms with Crippen molar-refractivity contribution in [1.82, 2.24) is 61.3 Å². The van der Waals surface area contributed by atoms with Crippen LogP contribution in [0.5, 0.6) is 0 Å². The topological polar surface area (TPSA) is 509 Å². The summed E-state index contributed by atoms with van der Waals surface area (Å²) in [7, 11) is 3.64. The molecule has 10 rings (SSSR count). The molecule has 8 N–H and O–H groups in total. The lowest BCUT2D eigenvalue weighted by Gasteiger charge is -2.22. The van der Waals surface area contributed by atoms with Gasteiger partial charge in [0.05, 0.1) is 50.6 Å². The van der Waals surface area contributed by atoms with Gasteiger partial charge in [0.2, 0.25) is 12.8 Å². The van der Waals surface area contributed by atoms with Gasteiger partial charge in [-0.1, -0.05) is 206 Å². The summed E-state index contributed by atoms with van der Waals surface area (Å²) in [5.41, 5.74) is 5.48. The highest BCUT2D eigenvalue weighted by atomic mass is 17.2. The average Bonchev–Trinajstić information content (AvgIpc) is 1.72. The molecule has 3 aromatic heterocycles.